The number of benzene rings is 1. The van der Waals surface area contributed by atoms with Crippen molar-refractivity contribution >= 4 is 15.7 Å². The van der Waals surface area contributed by atoms with Crippen molar-refractivity contribution in [2.24, 2.45) is 7.05 Å². The topological polar surface area (TPSA) is 99.2 Å². The summed E-state index contributed by atoms with van der Waals surface area (Å²) >= 11 is 0. The number of anilines is 1. The van der Waals surface area contributed by atoms with Gasteiger partial charge in [-0.25, -0.2) is 8.42 Å². The zero-order chi connectivity index (χ0) is 20.1. The lowest BCUT2D eigenvalue weighted by Gasteiger charge is -2.10. The highest BCUT2D eigenvalue weighted by atomic mass is 32.2. The monoisotopic (exact) mass is 402 g/mol. The van der Waals surface area contributed by atoms with Gasteiger partial charge < -0.3 is 13.7 Å². The number of nitrogens with zero attached hydrogens (tertiary/aromatic N) is 3. The second-order valence-electron chi connectivity index (χ2n) is 7.00. The van der Waals surface area contributed by atoms with Gasteiger partial charge in [-0.2, -0.15) is 0 Å². The highest BCUT2D eigenvalue weighted by molar-refractivity contribution is 7.92. The van der Waals surface area contributed by atoms with Crippen LogP contribution in [0.3, 0.4) is 0 Å². The average molecular weight is 402 g/mol. The molecule has 9 heteroatoms. The number of rotatable bonds is 6. The van der Waals surface area contributed by atoms with Crippen molar-refractivity contribution in [3.63, 3.8) is 0 Å². The molecule has 148 valence electrons. The Morgan fingerprint density at radius 2 is 1.86 bits per heavy atom. The van der Waals surface area contributed by atoms with Crippen LogP contribution in [0, 0.1) is 13.8 Å². The first-order valence-electron chi connectivity index (χ1n) is 8.98. The Balaban J connectivity index is 1.72. The number of hydrogen-bond donors (Lipinski definition) is 1. The Labute approximate surface area is 163 Å². The van der Waals surface area contributed by atoms with Crippen molar-refractivity contribution in [2.75, 3.05) is 11.8 Å². The van der Waals surface area contributed by atoms with Crippen LogP contribution in [0.2, 0.25) is 0 Å². The molecule has 0 amide bonds. The second-order valence-corrected chi connectivity index (χ2v) is 8.62. The lowest BCUT2D eigenvalue weighted by atomic mass is 10.2. The molecule has 3 aromatic rings. The summed E-state index contributed by atoms with van der Waals surface area (Å²) in [5.74, 6) is 1.95. The first-order valence-corrected chi connectivity index (χ1v) is 10.5. The SMILES string of the molecule is COc1ccc(NS(=O)(=O)c2c(C)c(-c3nnc(C4CC4)o3)n(C)c2C)cc1. The van der Waals surface area contributed by atoms with Crippen LogP contribution in [0.25, 0.3) is 11.6 Å². The lowest BCUT2D eigenvalue weighted by Crippen LogP contribution is -2.14. The molecule has 2 aromatic heterocycles. The summed E-state index contributed by atoms with van der Waals surface area (Å²) in [6.45, 7) is 3.52. The molecular weight excluding hydrogens is 380 g/mol. The molecule has 28 heavy (non-hydrogen) atoms. The van der Waals surface area contributed by atoms with E-state index in [2.05, 4.69) is 14.9 Å². The molecule has 1 aliphatic carbocycles. The standard InChI is InChI=1S/C19H22N4O4S/c1-11-16(19-21-20-18(27-19)13-5-6-13)23(3)12(2)17(11)28(24,25)22-14-7-9-15(26-4)10-8-14/h7-10,13,22H,5-6H2,1-4H3. The van der Waals surface area contributed by atoms with Crippen LogP contribution in [0.5, 0.6) is 5.75 Å². The van der Waals surface area contributed by atoms with Crippen LogP contribution in [0.15, 0.2) is 33.6 Å². The number of hydrogen-bond acceptors (Lipinski definition) is 6. The van der Waals surface area contributed by atoms with E-state index in [0.29, 0.717) is 46.1 Å². The molecule has 0 atom stereocenters. The van der Waals surface area contributed by atoms with Crippen molar-refractivity contribution in [3.05, 3.63) is 41.4 Å². The quantitative estimate of drug-likeness (QED) is 0.679. The van der Waals surface area contributed by atoms with Crippen molar-refractivity contribution in [3.8, 4) is 17.3 Å². The number of sulfonamides is 1. The molecule has 0 spiro atoms. The van der Waals surface area contributed by atoms with E-state index in [1.807, 2.05) is 0 Å². The van der Waals surface area contributed by atoms with Crippen molar-refractivity contribution < 1.29 is 17.6 Å². The summed E-state index contributed by atoms with van der Waals surface area (Å²) in [4.78, 5) is 0.215. The molecule has 0 bridgehead atoms. The molecule has 1 aromatic carbocycles. The van der Waals surface area contributed by atoms with E-state index in [-0.39, 0.29) is 4.90 Å². The summed E-state index contributed by atoms with van der Waals surface area (Å²) < 4.78 is 41.5. The van der Waals surface area contributed by atoms with E-state index in [0.717, 1.165) is 12.8 Å². The highest BCUT2D eigenvalue weighted by Gasteiger charge is 2.32. The lowest BCUT2D eigenvalue weighted by molar-refractivity contribution is 0.415. The Bertz CT molecular complexity index is 1130. The van der Waals surface area contributed by atoms with Crippen LogP contribution in [-0.2, 0) is 17.1 Å². The summed E-state index contributed by atoms with van der Waals surface area (Å²) in [5, 5.41) is 8.26. The van der Waals surface area contributed by atoms with Gasteiger partial charge in [-0.15, -0.1) is 10.2 Å². The predicted octanol–water partition coefficient (Wildman–Crippen LogP) is 3.38. The summed E-state index contributed by atoms with van der Waals surface area (Å²) in [7, 11) is -0.447. The molecule has 1 fully saturated rings. The van der Waals surface area contributed by atoms with Gasteiger partial charge in [0.1, 0.15) is 16.3 Å². The first kappa shape index (κ1) is 18.5. The van der Waals surface area contributed by atoms with Crippen LogP contribution >= 0.6 is 0 Å². The maximum atomic E-state index is 13.1. The number of aromatic nitrogens is 3. The molecule has 0 saturated heterocycles. The molecule has 0 radical (unpaired) electrons. The van der Waals surface area contributed by atoms with Crippen LogP contribution < -0.4 is 9.46 Å². The zero-order valence-electron chi connectivity index (χ0n) is 16.2. The van der Waals surface area contributed by atoms with E-state index < -0.39 is 10.0 Å². The van der Waals surface area contributed by atoms with Crippen LogP contribution in [0.1, 0.15) is 35.9 Å². The van der Waals surface area contributed by atoms with E-state index in [9.17, 15) is 8.42 Å². The van der Waals surface area contributed by atoms with Gasteiger partial charge in [0.05, 0.1) is 7.11 Å². The molecule has 0 aliphatic heterocycles. The fourth-order valence-corrected chi connectivity index (χ4v) is 4.92. The molecule has 1 aliphatic rings. The molecule has 8 nitrogen and oxygen atoms in total. The van der Waals surface area contributed by atoms with E-state index in [4.69, 9.17) is 9.15 Å². The van der Waals surface area contributed by atoms with E-state index in [1.165, 1.54) is 0 Å². The minimum atomic E-state index is -3.80. The normalized spacial score (nSPS) is 14.3. The maximum Gasteiger partial charge on any atom is 0.264 e. The number of nitrogens with one attached hydrogen (secondary N) is 1. The van der Waals surface area contributed by atoms with Gasteiger partial charge in [0.25, 0.3) is 15.9 Å². The fourth-order valence-electron chi connectivity index (χ4n) is 3.34. The van der Waals surface area contributed by atoms with E-state index >= 15 is 0 Å². The van der Waals surface area contributed by atoms with Crippen molar-refractivity contribution in [1.29, 1.82) is 0 Å². The second kappa shape index (κ2) is 6.66. The van der Waals surface area contributed by atoms with Gasteiger partial charge in [0, 0.05) is 29.9 Å². The van der Waals surface area contributed by atoms with E-state index in [1.54, 1.807) is 56.8 Å². The summed E-state index contributed by atoms with van der Waals surface area (Å²) in [5.41, 5.74) is 2.25. The van der Waals surface area contributed by atoms with Gasteiger partial charge in [0.2, 0.25) is 5.89 Å². The van der Waals surface area contributed by atoms with Gasteiger partial charge in [-0.1, -0.05) is 0 Å². The van der Waals surface area contributed by atoms with Gasteiger partial charge in [0.15, 0.2) is 0 Å². The summed E-state index contributed by atoms with van der Waals surface area (Å²) in [6, 6.07) is 6.72. The minimum absolute atomic E-state index is 0.215. The molecule has 1 saturated carbocycles. The molecule has 0 unspecified atom stereocenters. The van der Waals surface area contributed by atoms with Crippen molar-refractivity contribution in [1.82, 2.24) is 14.8 Å². The number of methoxy groups -OCH3 is 1. The third-order valence-electron chi connectivity index (χ3n) is 5.04. The average Bonchev–Trinajstić information content (AvgIpc) is 3.35. The molecule has 4 rings (SSSR count). The van der Waals surface area contributed by atoms with Crippen molar-refractivity contribution in [2.45, 2.75) is 37.5 Å². The Kier molecular flexibility index (Phi) is 4.41. The zero-order valence-corrected chi connectivity index (χ0v) is 17.0. The third-order valence-corrected chi connectivity index (χ3v) is 6.69. The Morgan fingerprint density at radius 1 is 1.18 bits per heavy atom. The molecule has 1 N–H and O–H groups in total. The predicted molar refractivity (Wildman–Crippen MR) is 104 cm³/mol. The summed E-state index contributed by atoms with van der Waals surface area (Å²) in [6.07, 6.45) is 2.11. The first-order chi connectivity index (χ1) is 13.3. The number of ether oxygens (including phenoxy) is 1. The Hall–Kier alpha value is -2.81. The fraction of sp³-hybridized carbons (Fsp3) is 0.368. The highest BCUT2D eigenvalue weighted by Crippen LogP contribution is 2.41. The van der Waals surface area contributed by atoms with Crippen LogP contribution in [-0.4, -0.2) is 30.3 Å². The van der Waals surface area contributed by atoms with Gasteiger partial charge in [-0.05, 0) is 51.0 Å². The Morgan fingerprint density at radius 3 is 2.46 bits per heavy atom. The largest absolute Gasteiger partial charge is 0.497 e. The molecule has 2 heterocycles. The maximum absolute atomic E-state index is 13.1. The van der Waals surface area contributed by atoms with Gasteiger partial charge in [-0.3, -0.25) is 4.72 Å². The molecular formula is C19H22N4O4S. The minimum Gasteiger partial charge on any atom is -0.497 e. The van der Waals surface area contributed by atoms with Gasteiger partial charge >= 0.3 is 0 Å². The van der Waals surface area contributed by atoms with Crippen LogP contribution in [0.4, 0.5) is 5.69 Å². The smallest absolute Gasteiger partial charge is 0.264 e. The third kappa shape index (κ3) is 3.15.